The quantitative estimate of drug-likeness (QED) is 0.719. The van der Waals surface area contributed by atoms with Crippen LogP contribution in [0.1, 0.15) is 16.9 Å². The van der Waals surface area contributed by atoms with Crippen molar-refractivity contribution in [1.82, 2.24) is 10.3 Å². The Bertz CT molecular complexity index is 410. The minimum Gasteiger partial charge on any atom is -0.389 e. The third kappa shape index (κ3) is 1.63. The van der Waals surface area contributed by atoms with Gasteiger partial charge in [0, 0.05) is 18.5 Å². The molecule has 2 fully saturated rings. The predicted molar refractivity (Wildman–Crippen MR) is 61.1 cm³/mol. The molecule has 0 amide bonds. The largest absolute Gasteiger partial charge is 0.389 e. The van der Waals surface area contributed by atoms with Gasteiger partial charge in [0.25, 0.3) is 0 Å². The molecule has 2 saturated heterocycles. The first-order chi connectivity index (χ1) is 7.74. The molecular weight excluding hydrogens is 226 g/mol. The molecular formula is C10H13N3O2S. The van der Waals surface area contributed by atoms with E-state index in [0.29, 0.717) is 18.8 Å². The van der Waals surface area contributed by atoms with Gasteiger partial charge in [0.15, 0.2) is 10.9 Å². The molecule has 1 aromatic rings. The van der Waals surface area contributed by atoms with Gasteiger partial charge in [-0.2, -0.15) is 0 Å². The summed E-state index contributed by atoms with van der Waals surface area (Å²) < 4.78 is 0. The number of aliphatic hydroxyl groups is 1. The van der Waals surface area contributed by atoms with Gasteiger partial charge in [-0.15, -0.1) is 11.3 Å². The molecule has 5 nitrogen and oxygen atoms in total. The fourth-order valence-corrected chi connectivity index (χ4v) is 2.66. The lowest BCUT2D eigenvalue weighted by atomic mass is 10.0. The molecule has 86 valence electrons. The number of anilines is 1. The fraction of sp³-hybridized carbons (Fsp3) is 0.600. The maximum Gasteiger partial charge on any atom is 0.199 e. The van der Waals surface area contributed by atoms with Crippen molar-refractivity contribution < 1.29 is 9.90 Å². The third-order valence-electron chi connectivity index (χ3n) is 3.02. The third-order valence-corrected chi connectivity index (χ3v) is 3.92. The lowest BCUT2D eigenvalue weighted by Gasteiger charge is -2.35. The highest BCUT2D eigenvalue weighted by Gasteiger charge is 2.30. The van der Waals surface area contributed by atoms with Crippen LogP contribution in [0.2, 0.25) is 0 Å². The van der Waals surface area contributed by atoms with E-state index in [1.807, 2.05) is 10.3 Å². The number of nitrogens with zero attached hydrogens (tertiary/aromatic N) is 2. The lowest BCUT2D eigenvalue weighted by Crippen LogP contribution is -2.51. The first kappa shape index (κ1) is 10.2. The van der Waals surface area contributed by atoms with Gasteiger partial charge < -0.3 is 15.3 Å². The Morgan fingerprint density at radius 2 is 2.38 bits per heavy atom. The van der Waals surface area contributed by atoms with Gasteiger partial charge >= 0.3 is 0 Å². The SMILES string of the molecule is O=C(c1csc(N2CC(O)C2)n1)C1CCN1. The van der Waals surface area contributed by atoms with Crippen LogP contribution in [0.5, 0.6) is 0 Å². The van der Waals surface area contributed by atoms with Crippen molar-refractivity contribution in [2.24, 2.45) is 0 Å². The maximum absolute atomic E-state index is 11.8. The first-order valence-corrected chi connectivity index (χ1v) is 6.28. The van der Waals surface area contributed by atoms with Crippen LogP contribution in [0.15, 0.2) is 5.38 Å². The normalized spacial score (nSPS) is 25.1. The summed E-state index contributed by atoms with van der Waals surface area (Å²) in [5.74, 6) is 0.0924. The Morgan fingerprint density at radius 1 is 1.62 bits per heavy atom. The number of hydrogen-bond acceptors (Lipinski definition) is 6. The summed E-state index contributed by atoms with van der Waals surface area (Å²) in [7, 11) is 0. The summed E-state index contributed by atoms with van der Waals surface area (Å²) in [4.78, 5) is 18.1. The molecule has 3 heterocycles. The van der Waals surface area contributed by atoms with Crippen molar-refractivity contribution in [3.8, 4) is 0 Å². The number of carbonyl (C=O) groups excluding carboxylic acids is 1. The average molecular weight is 239 g/mol. The van der Waals surface area contributed by atoms with Crippen LogP contribution >= 0.6 is 11.3 Å². The number of carbonyl (C=O) groups is 1. The molecule has 1 unspecified atom stereocenters. The molecule has 2 aliphatic heterocycles. The first-order valence-electron chi connectivity index (χ1n) is 5.40. The van der Waals surface area contributed by atoms with E-state index in [9.17, 15) is 9.90 Å². The second-order valence-electron chi connectivity index (χ2n) is 4.23. The number of β-amino-alcohol motifs (C(OH)–C–C–N with tert-alkyl or cyclic N) is 1. The molecule has 16 heavy (non-hydrogen) atoms. The van der Waals surface area contributed by atoms with Crippen LogP contribution in [-0.2, 0) is 0 Å². The highest BCUT2D eigenvalue weighted by Crippen LogP contribution is 2.26. The van der Waals surface area contributed by atoms with Crippen LogP contribution in [0, 0.1) is 0 Å². The van der Waals surface area contributed by atoms with E-state index in [0.717, 1.165) is 18.1 Å². The van der Waals surface area contributed by atoms with Crippen molar-refractivity contribution in [3.05, 3.63) is 11.1 Å². The Hall–Kier alpha value is -0.980. The molecule has 0 spiro atoms. The zero-order valence-corrected chi connectivity index (χ0v) is 9.54. The van der Waals surface area contributed by atoms with E-state index in [4.69, 9.17) is 0 Å². The Morgan fingerprint density at radius 3 is 2.94 bits per heavy atom. The maximum atomic E-state index is 11.8. The minimum atomic E-state index is -0.239. The minimum absolute atomic E-state index is 0.0306. The van der Waals surface area contributed by atoms with Crippen LogP contribution < -0.4 is 10.2 Å². The summed E-state index contributed by atoms with van der Waals surface area (Å²) in [5, 5.41) is 14.9. The zero-order valence-electron chi connectivity index (χ0n) is 8.72. The summed E-state index contributed by atoms with van der Waals surface area (Å²) in [6, 6.07) is -0.0306. The van der Waals surface area contributed by atoms with Gasteiger partial charge in [0.05, 0.1) is 12.1 Å². The standard InChI is InChI=1S/C10H13N3O2S/c14-6-3-13(4-6)10-12-8(5-16-10)9(15)7-1-2-11-7/h5-7,11,14H,1-4H2. The van der Waals surface area contributed by atoms with Crippen molar-refractivity contribution in [1.29, 1.82) is 0 Å². The Labute approximate surface area is 97.1 Å². The van der Waals surface area contributed by atoms with E-state index in [2.05, 4.69) is 10.3 Å². The van der Waals surface area contributed by atoms with Crippen molar-refractivity contribution >= 4 is 22.3 Å². The molecule has 3 rings (SSSR count). The number of aliphatic hydroxyl groups excluding tert-OH is 1. The molecule has 1 aromatic heterocycles. The van der Waals surface area contributed by atoms with E-state index < -0.39 is 0 Å². The number of rotatable bonds is 3. The van der Waals surface area contributed by atoms with E-state index >= 15 is 0 Å². The van der Waals surface area contributed by atoms with Crippen molar-refractivity contribution in [2.45, 2.75) is 18.6 Å². The van der Waals surface area contributed by atoms with E-state index in [-0.39, 0.29) is 17.9 Å². The molecule has 0 radical (unpaired) electrons. The molecule has 2 N–H and O–H groups in total. The number of Topliss-reactive ketones (excluding diaryl/α,β-unsaturated/α-hetero) is 1. The number of nitrogens with one attached hydrogen (secondary N) is 1. The van der Waals surface area contributed by atoms with Crippen molar-refractivity contribution in [3.63, 3.8) is 0 Å². The van der Waals surface area contributed by atoms with Gasteiger partial charge in [0.1, 0.15) is 5.69 Å². The molecule has 0 aromatic carbocycles. The molecule has 2 aliphatic rings. The molecule has 0 bridgehead atoms. The Balaban J connectivity index is 1.69. The molecule has 1 atom stereocenters. The molecule has 0 aliphatic carbocycles. The molecule has 6 heteroatoms. The highest BCUT2D eigenvalue weighted by molar-refractivity contribution is 7.14. The van der Waals surface area contributed by atoms with Crippen LogP contribution in [-0.4, -0.2) is 47.7 Å². The van der Waals surface area contributed by atoms with E-state index in [1.54, 1.807) is 0 Å². The van der Waals surface area contributed by atoms with Crippen LogP contribution in [0.3, 0.4) is 0 Å². The number of aromatic nitrogens is 1. The van der Waals surface area contributed by atoms with Crippen LogP contribution in [0.25, 0.3) is 0 Å². The molecule has 0 saturated carbocycles. The topological polar surface area (TPSA) is 65.5 Å². The van der Waals surface area contributed by atoms with Gasteiger partial charge in [-0.3, -0.25) is 4.79 Å². The van der Waals surface area contributed by atoms with Crippen molar-refractivity contribution in [2.75, 3.05) is 24.5 Å². The number of ketones is 1. The zero-order chi connectivity index (χ0) is 11.1. The monoisotopic (exact) mass is 239 g/mol. The lowest BCUT2D eigenvalue weighted by molar-refractivity contribution is 0.0899. The number of thiazole rings is 1. The van der Waals surface area contributed by atoms with Gasteiger partial charge in [-0.25, -0.2) is 4.98 Å². The van der Waals surface area contributed by atoms with Gasteiger partial charge in [-0.1, -0.05) is 0 Å². The summed E-state index contributed by atoms with van der Waals surface area (Å²) in [6.45, 7) is 2.18. The second kappa shape index (κ2) is 3.80. The van der Waals surface area contributed by atoms with Gasteiger partial charge in [-0.05, 0) is 13.0 Å². The van der Waals surface area contributed by atoms with Crippen LogP contribution in [0.4, 0.5) is 5.13 Å². The second-order valence-corrected chi connectivity index (χ2v) is 5.07. The predicted octanol–water partition coefficient (Wildman–Crippen LogP) is -0.131. The summed E-state index contributed by atoms with van der Waals surface area (Å²) >= 11 is 1.47. The average Bonchev–Trinajstić information content (AvgIpc) is 2.58. The smallest absolute Gasteiger partial charge is 0.199 e. The van der Waals surface area contributed by atoms with E-state index in [1.165, 1.54) is 11.3 Å². The number of hydrogen-bond donors (Lipinski definition) is 2. The fourth-order valence-electron chi connectivity index (χ4n) is 1.83. The van der Waals surface area contributed by atoms with Gasteiger partial charge in [0.2, 0.25) is 0 Å². The summed E-state index contributed by atoms with van der Waals surface area (Å²) in [5.41, 5.74) is 0.554. The highest BCUT2D eigenvalue weighted by atomic mass is 32.1. The summed E-state index contributed by atoms with van der Waals surface area (Å²) in [6.07, 6.45) is 0.671. The Kier molecular flexibility index (Phi) is 2.42.